The number of carbonyl (C=O) groups is 2. The number of likely N-dealkylation sites (tertiary alicyclic amines) is 1. The Labute approximate surface area is 125 Å². The van der Waals surface area contributed by atoms with Crippen molar-refractivity contribution in [3.05, 3.63) is 0 Å². The maximum Gasteiger partial charge on any atom is 0.417 e. The molecule has 7 nitrogen and oxygen atoms in total. The molecule has 1 rings (SSSR count). The average molecular weight is 303 g/mol. The number of β-lactam (4-membered cyclic amide) rings is 1. The zero-order valence-corrected chi connectivity index (χ0v) is 13.5. The second kappa shape index (κ2) is 7.20. The summed E-state index contributed by atoms with van der Waals surface area (Å²) in [6.45, 7) is 7.68. The molecule has 0 radical (unpaired) electrons. The smallest absolute Gasteiger partial charge is 0.417 e. The lowest BCUT2D eigenvalue weighted by molar-refractivity contribution is -0.253. The molecule has 0 unspecified atom stereocenters. The Balaban J connectivity index is 2.71. The van der Waals surface area contributed by atoms with Gasteiger partial charge in [-0.1, -0.05) is 13.8 Å². The first-order valence-electron chi connectivity index (χ1n) is 6.97. The first-order chi connectivity index (χ1) is 9.75. The molecule has 0 spiro atoms. The second-order valence-electron chi connectivity index (χ2n) is 5.69. The van der Waals surface area contributed by atoms with Gasteiger partial charge in [-0.15, -0.1) is 0 Å². The van der Waals surface area contributed by atoms with Crippen molar-refractivity contribution in [1.29, 1.82) is 0 Å². The molecule has 0 aliphatic carbocycles. The van der Waals surface area contributed by atoms with Crippen molar-refractivity contribution < 1.29 is 28.5 Å². The van der Waals surface area contributed by atoms with Crippen molar-refractivity contribution in [3.63, 3.8) is 0 Å². The zero-order valence-electron chi connectivity index (χ0n) is 13.5. The third-order valence-corrected chi connectivity index (χ3v) is 3.38. The minimum atomic E-state index is -0.889. The number of nitrogens with zero attached hydrogens (tertiary/aromatic N) is 1. The van der Waals surface area contributed by atoms with Crippen LogP contribution >= 0.6 is 0 Å². The van der Waals surface area contributed by atoms with Crippen LogP contribution in [0.5, 0.6) is 0 Å². The third kappa shape index (κ3) is 4.15. The van der Waals surface area contributed by atoms with Gasteiger partial charge in [0.05, 0.1) is 12.6 Å². The number of hydrogen-bond donors (Lipinski definition) is 0. The highest BCUT2D eigenvalue weighted by molar-refractivity contribution is 6.01. The lowest BCUT2D eigenvalue weighted by atomic mass is 9.88. The zero-order chi connectivity index (χ0) is 16.2. The molecule has 1 heterocycles. The number of methoxy groups -OCH3 is 2. The SMILES string of the molecule is COCCOC(=O)N1C(=O)[C@H](OC(C)(C)OC)[C@@H]1C(C)C. The Bertz CT molecular complexity index is 382. The van der Waals surface area contributed by atoms with Gasteiger partial charge >= 0.3 is 6.09 Å². The van der Waals surface area contributed by atoms with Gasteiger partial charge in [0, 0.05) is 14.2 Å². The van der Waals surface area contributed by atoms with E-state index in [1.807, 2.05) is 13.8 Å². The Morgan fingerprint density at radius 3 is 2.38 bits per heavy atom. The van der Waals surface area contributed by atoms with Crippen molar-refractivity contribution in [3.8, 4) is 0 Å². The molecule has 1 saturated heterocycles. The van der Waals surface area contributed by atoms with E-state index in [0.29, 0.717) is 0 Å². The van der Waals surface area contributed by atoms with Gasteiger partial charge in [0.15, 0.2) is 11.9 Å². The molecule has 1 fully saturated rings. The first-order valence-corrected chi connectivity index (χ1v) is 6.97. The molecule has 2 amide bonds. The molecule has 0 N–H and O–H groups in total. The van der Waals surface area contributed by atoms with Crippen LogP contribution in [0.2, 0.25) is 0 Å². The molecule has 0 aromatic carbocycles. The predicted octanol–water partition coefficient (Wildman–Crippen LogP) is 1.40. The summed E-state index contributed by atoms with van der Waals surface area (Å²) in [5.41, 5.74) is 0. The van der Waals surface area contributed by atoms with Crippen LogP contribution in [-0.2, 0) is 23.7 Å². The van der Waals surface area contributed by atoms with Gasteiger partial charge in [0.1, 0.15) is 6.61 Å². The molecule has 21 heavy (non-hydrogen) atoms. The van der Waals surface area contributed by atoms with Crippen molar-refractivity contribution in [2.75, 3.05) is 27.4 Å². The van der Waals surface area contributed by atoms with E-state index in [-0.39, 0.29) is 25.2 Å². The van der Waals surface area contributed by atoms with Gasteiger partial charge < -0.3 is 18.9 Å². The molecular weight excluding hydrogens is 278 g/mol. The lowest BCUT2D eigenvalue weighted by Gasteiger charge is -2.48. The minimum absolute atomic E-state index is 0.0512. The number of rotatable bonds is 7. The standard InChI is InChI=1S/C14H25NO6/c1-9(2)10-11(21-14(3,4)19-6)12(16)15(10)13(17)20-8-7-18-5/h9-11H,7-8H2,1-6H3/t10-,11+/m0/s1. The minimum Gasteiger partial charge on any atom is -0.447 e. The summed E-state index contributed by atoms with van der Waals surface area (Å²) in [7, 11) is 3.01. The fraction of sp³-hybridized carbons (Fsp3) is 0.857. The van der Waals surface area contributed by atoms with E-state index in [1.165, 1.54) is 14.2 Å². The predicted molar refractivity (Wildman–Crippen MR) is 74.7 cm³/mol. The van der Waals surface area contributed by atoms with Gasteiger partial charge in [-0.05, 0) is 19.8 Å². The Morgan fingerprint density at radius 1 is 1.29 bits per heavy atom. The fourth-order valence-electron chi connectivity index (χ4n) is 2.10. The van der Waals surface area contributed by atoms with E-state index in [0.717, 1.165) is 4.90 Å². The number of ether oxygens (including phenoxy) is 4. The van der Waals surface area contributed by atoms with E-state index < -0.39 is 23.9 Å². The van der Waals surface area contributed by atoms with Crippen LogP contribution in [-0.4, -0.2) is 62.3 Å². The average Bonchev–Trinajstić information content (AvgIpc) is 2.41. The first kappa shape index (κ1) is 17.9. The Morgan fingerprint density at radius 2 is 1.90 bits per heavy atom. The molecule has 122 valence electrons. The third-order valence-electron chi connectivity index (χ3n) is 3.38. The topological polar surface area (TPSA) is 74.3 Å². The molecule has 0 bridgehead atoms. The monoisotopic (exact) mass is 303 g/mol. The summed E-state index contributed by atoms with van der Waals surface area (Å²) >= 11 is 0. The number of amides is 2. The number of hydrogen-bond acceptors (Lipinski definition) is 6. The van der Waals surface area contributed by atoms with Gasteiger partial charge in [0.2, 0.25) is 0 Å². The fourth-order valence-corrected chi connectivity index (χ4v) is 2.10. The number of carbonyl (C=O) groups excluding carboxylic acids is 2. The van der Waals surface area contributed by atoms with Crippen LogP contribution in [0.25, 0.3) is 0 Å². The maximum atomic E-state index is 12.2. The summed E-state index contributed by atoms with van der Waals surface area (Å²) in [5.74, 6) is -1.24. The van der Waals surface area contributed by atoms with E-state index in [4.69, 9.17) is 18.9 Å². The van der Waals surface area contributed by atoms with Gasteiger partial charge in [-0.2, -0.15) is 0 Å². The molecule has 1 aliphatic rings. The lowest BCUT2D eigenvalue weighted by Crippen LogP contribution is -2.70. The quantitative estimate of drug-likeness (QED) is 0.402. The van der Waals surface area contributed by atoms with Crippen LogP contribution in [0.1, 0.15) is 27.7 Å². The molecular formula is C14H25NO6. The van der Waals surface area contributed by atoms with Crippen molar-refractivity contribution in [1.82, 2.24) is 4.90 Å². The molecule has 2 atom stereocenters. The number of imide groups is 1. The van der Waals surface area contributed by atoms with Crippen LogP contribution in [0.3, 0.4) is 0 Å². The summed E-state index contributed by atoms with van der Waals surface area (Å²) < 4.78 is 20.6. The normalized spacial score (nSPS) is 22.4. The molecule has 0 aromatic heterocycles. The molecule has 0 aromatic rings. The summed E-state index contributed by atoms with van der Waals surface area (Å²) in [4.78, 5) is 25.2. The molecule has 0 saturated carbocycles. The van der Waals surface area contributed by atoms with Gasteiger partial charge in [-0.25, -0.2) is 9.69 Å². The van der Waals surface area contributed by atoms with Gasteiger partial charge in [-0.3, -0.25) is 4.79 Å². The summed E-state index contributed by atoms with van der Waals surface area (Å²) in [5, 5.41) is 0. The second-order valence-corrected chi connectivity index (χ2v) is 5.69. The Hall–Kier alpha value is -1.18. The van der Waals surface area contributed by atoms with E-state index in [9.17, 15) is 9.59 Å². The van der Waals surface area contributed by atoms with Crippen LogP contribution in [0, 0.1) is 5.92 Å². The highest BCUT2D eigenvalue weighted by Gasteiger charge is 2.55. The molecule has 7 heteroatoms. The maximum absolute atomic E-state index is 12.2. The van der Waals surface area contributed by atoms with Crippen molar-refractivity contribution in [2.24, 2.45) is 5.92 Å². The van der Waals surface area contributed by atoms with Crippen molar-refractivity contribution in [2.45, 2.75) is 45.6 Å². The van der Waals surface area contributed by atoms with Gasteiger partial charge in [0.25, 0.3) is 5.91 Å². The highest BCUT2D eigenvalue weighted by atomic mass is 16.7. The van der Waals surface area contributed by atoms with E-state index in [2.05, 4.69) is 0 Å². The van der Waals surface area contributed by atoms with E-state index in [1.54, 1.807) is 13.8 Å². The molecule has 1 aliphatic heterocycles. The largest absolute Gasteiger partial charge is 0.447 e. The summed E-state index contributed by atoms with van der Waals surface area (Å²) in [6.07, 6.45) is -1.36. The van der Waals surface area contributed by atoms with E-state index >= 15 is 0 Å². The highest BCUT2D eigenvalue weighted by Crippen LogP contribution is 2.32. The summed E-state index contributed by atoms with van der Waals surface area (Å²) in [6, 6.07) is -0.359. The Kier molecular flexibility index (Phi) is 6.12. The van der Waals surface area contributed by atoms with Crippen molar-refractivity contribution >= 4 is 12.0 Å². The van der Waals surface area contributed by atoms with Crippen LogP contribution < -0.4 is 0 Å². The van der Waals surface area contributed by atoms with Crippen LogP contribution in [0.4, 0.5) is 4.79 Å². The van der Waals surface area contributed by atoms with Crippen LogP contribution in [0.15, 0.2) is 0 Å².